The van der Waals surface area contributed by atoms with Crippen molar-refractivity contribution in [1.29, 1.82) is 0 Å². The fourth-order valence-corrected chi connectivity index (χ4v) is 2.86. The molecule has 0 saturated heterocycles. The molecule has 4 heteroatoms. The molecule has 0 radical (unpaired) electrons. The first kappa shape index (κ1) is 10.6. The largest absolute Gasteiger partial charge is 0.480 e. The number of hydrogen-bond acceptors (Lipinski definition) is 3. The van der Waals surface area contributed by atoms with Crippen molar-refractivity contribution in [3.05, 3.63) is 0 Å². The lowest BCUT2D eigenvalue weighted by molar-refractivity contribution is -0.147. The Morgan fingerprint density at radius 3 is 2.54 bits per heavy atom. The summed E-state index contributed by atoms with van der Waals surface area (Å²) in [5, 5.41) is 9.28. The summed E-state index contributed by atoms with van der Waals surface area (Å²) in [4.78, 5) is 21.7. The van der Waals surface area contributed by atoms with Crippen molar-refractivity contribution in [3.63, 3.8) is 0 Å². The summed E-state index contributed by atoms with van der Waals surface area (Å²) in [6.45, 7) is 4.02. The Kier molecular flexibility index (Phi) is 3.01. The maximum absolute atomic E-state index is 10.9. The van der Waals surface area contributed by atoms with E-state index in [-0.39, 0.29) is 18.6 Å². The fraction of sp³-hybridized carbons (Fsp3) is 0.778. The van der Waals surface area contributed by atoms with E-state index in [0.717, 1.165) is 6.42 Å². The van der Waals surface area contributed by atoms with E-state index in [0.29, 0.717) is 5.25 Å². The van der Waals surface area contributed by atoms with Crippen LogP contribution in [-0.2, 0) is 9.59 Å². The molecule has 1 aliphatic carbocycles. The Bertz CT molecular complexity index is 229. The molecule has 0 aromatic carbocycles. The van der Waals surface area contributed by atoms with E-state index < -0.39 is 10.7 Å². The van der Waals surface area contributed by atoms with Gasteiger partial charge in [0.1, 0.15) is 10.5 Å². The molecule has 0 heterocycles. The van der Waals surface area contributed by atoms with Gasteiger partial charge in [-0.25, -0.2) is 0 Å². The molecule has 74 valence electrons. The average Bonchev–Trinajstić information content (AvgIpc) is 2.00. The van der Waals surface area contributed by atoms with Crippen LogP contribution in [0, 0.1) is 0 Å². The van der Waals surface area contributed by atoms with Gasteiger partial charge in [-0.15, -0.1) is 11.8 Å². The van der Waals surface area contributed by atoms with Crippen molar-refractivity contribution in [3.8, 4) is 0 Å². The number of rotatable bonds is 4. The lowest BCUT2D eigenvalue weighted by atomic mass is 9.83. The third kappa shape index (κ3) is 2.05. The highest BCUT2D eigenvalue weighted by Crippen LogP contribution is 2.44. The number of carbonyl (C=O) groups is 2. The van der Waals surface area contributed by atoms with Crippen LogP contribution in [0.5, 0.6) is 0 Å². The van der Waals surface area contributed by atoms with Gasteiger partial charge in [-0.2, -0.15) is 0 Å². The molecule has 0 aliphatic heterocycles. The Hall–Kier alpha value is -0.510. The monoisotopic (exact) mass is 202 g/mol. The van der Waals surface area contributed by atoms with Crippen molar-refractivity contribution >= 4 is 23.5 Å². The summed E-state index contributed by atoms with van der Waals surface area (Å²) < 4.78 is -0.799. The van der Waals surface area contributed by atoms with Crippen molar-refractivity contribution in [2.24, 2.45) is 0 Å². The molecular formula is C9H14O3S. The lowest BCUT2D eigenvalue weighted by Crippen LogP contribution is -2.49. The molecule has 1 aliphatic rings. The molecule has 3 nitrogen and oxygen atoms in total. The first-order valence-electron chi connectivity index (χ1n) is 4.43. The van der Waals surface area contributed by atoms with Crippen LogP contribution in [0.2, 0.25) is 0 Å². The van der Waals surface area contributed by atoms with E-state index in [1.807, 2.05) is 13.8 Å². The minimum absolute atomic E-state index is 0.0678. The van der Waals surface area contributed by atoms with Crippen molar-refractivity contribution in [2.45, 2.75) is 43.1 Å². The zero-order valence-electron chi connectivity index (χ0n) is 7.87. The minimum Gasteiger partial charge on any atom is -0.480 e. The van der Waals surface area contributed by atoms with Crippen LogP contribution in [0.4, 0.5) is 0 Å². The minimum atomic E-state index is -0.836. The normalized spacial score (nSPS) is 22.2. The van der Waals surface area contributed by atoms with E-state index in [2.05, 4.69) is 0 Å². The van der Waals surface area contributed by atoms with E-state index in [1.54, 1.807) is 0 Å². The summed E-state index contributed by atoms with van der Waals surface area (Å²) in [5.74, 6) is -0.768. The van der Waals surface area contributed by atoms with E-state index in [4.69, 9.17) is 5.11 Å². The third-order valence-electron chi connectivity index (χ3n) is 2.36. The maximum atomic E-state index is 10.9. The molecule has 0 bridgehead atoms. The molecule has 1 atom stereocenters. The quantitative estimate of drug-likeness (QED) is 0.754. The molecule has 0 aromatic rings. The molecule has 1 N–H and O–H groups in total. The van der Waals surface area contributed by atoms with Crippen LogP contribution in [0.15, 0.2) is 0 Å². The molecule has 0 spiro atoms. The molecule has 0 amide bonds. The summed E-state index contributed by atoms with van der Waals surface area (Å²) in [6.07, 6.45) is 1.35. The second kappa shape index (κ2) is 3.70. The molecule has 0 aromatic heterocycles. The van der Waals surface area contributed by atoms with E-state index in [1.165, 1.54) is 11.8 Å². The highest BCUT2D eigenvalue weighted by atomic mass is 32.2. The molecule has 1 rings (SSSR count). The molecular weight excluding hydrogens is 188 g/mol. The second-order valence-electron chi connectivity index (χ2n) is 3.53. The molecule has 1 fully saturated rings. The van der Waals surface area contributed by atoms with Gasteiger partial charge in [0, 0.05) is 18.1 Å². The molecule has 1 saturated carbocycles. The maximum Gasteiger partial charge on any atom is 0.320 e. The number of aliphatic carboxylic acids is 1. The first-order valence-corrected chi connectivity index (χ1v) is 5.31. The van der Waals surface area contributed by atoms with Crippen LogP contribution >= 0.6 is 11.8 Å². The summed E-state index contributed by atoms with van der Waals surface area (Å²) in [7, 11) is 0. The Labute approximate surface area is 81.9 Å². The van der Waals surface area contributed by atoms with Crippen LogP contribution in [0.25, 0.3) is 0 Å². The third-order valence-corrected chi connectivity index (χ3v) is 4.01. The van der Waals surface area contributed by atoms with Gasteiger partial charge in [-0.1, -0.05) is 13.8 Å². The topological polar surface area (TPSA) is 54.4 Å². The number of hydrogen-bond donors (Lipinski definition) is 1. The Morgan fingerprint density at radius 1 is 1.69 bits per heavy atom. The summed E-state index contributed by atoms with van der Waals surface area (Å²) >= 11 is 1.43. The predicted octanol–water partition coefficient (Wildman–Crippen LogP) is 1.70. The number of thioether (sulfide) groups is 1. The SMILES string of the molecule is CCC(C)SC1(C(=O)O)CC(=O)C1. The van der Waals surface area contributed by atoms with Gasteiger partial charge < -0.3 is 5.11 Å². The van der Waals surface area contributed by atoms with Gasteiger partial charge in [-0.3, -0.25) is 9.59 Å². The van der Waals surface area contributed by atoms with Gasteiger partial charge in [0.2, 0.25) is 0 Å². The van der Waals surface area contributed by atoms with Crippen molar-refractivity contribution in [1.82, 2.24) is 0 Å². The second-order valence-corrected chi connectivity index (χ2v) is 5.35. The number of Topliss-reactive ketones (excluding diaryl/α,β-unsaturated/α-hetero) is 1. The van der Waals surface area contributed by atoms with Crippen LogP contribution in [0.1, 0.15) is 33.1 Å². The predicted molar refractivity (Wildman–Crippen MR) is 52.0 cm³/mol. The highest BCUT2D eigenvalue weighted by molar-refractivity contribution is 8.02. The summed E-state index contributed by atoms with van der Waals surface area (Å²) in [6, 6.07) is 0. The standard InChI is InChI=1S/C9H14O3S/c1-3-6(2)13-9(8(11)12)4-7(10)5-9/h6H,3-5H2,1-2H3,(H,11,12). The number of carboxylic acids is 1. The van der Waals surface area contributed by atoms with Gasteiger partial charge in [0.15, 0.2) is 0 Å². The number of carbonyl (C=O) groups excluding carboxylic acids is 1. The van der Waals surface area contributed by atoms with Crippen LogP contribution < -0.4 is 0 Å². The Morgan fingerprint density at radius 2 is 2.23 bits per heavy atom. The first-order chi connectivity index (χ1) is 6.00. The Balaban J connectivity index is 2.60. The van der Waals surface area contributed by atoms with Gasteiger partial charge in [0.05, 0.1) is 0 Å². The zero-order chi connectivity index (χ0) is 10.1. The summed E-state index contributed by atoms with van der Waals surface area (Å²) in [5.41, 5.74) is 0. The van der Waals surface area contributed by atoms with Crippen LogP contribution in [0.3, 0.4) is 0 Å². The van der Waals surface area contributed by atoms with Gasteiger partial charge in [0.25, 0.3) is 0 Å². The smallest absolute Gasteiger partial charge is 0.320 e. The average molecular weight is 202 g/mol. The van der Waals surface area contributed by atoms with Crippen LogP contribution in [-0.4, -0.2) is 26.9 Å². The van der Waals surface area contributed by atoms with Gasteiger partial charge in [-0.05, 0) is 6.42 Å². The van der Waals surface area contributed by atoms with Gasteiger partial charge >= 0.3 is 5.97 Å². The fourth-order valence-electron chi connectivity index (χ4n) is 1.34. The van der Waals surface area contributed by atoms with E-state index in [9.17, 15) is 9.59 Å². The van der Waals surface area contributed by atoms with Crippen molar-refractivity contribution < 1.29 is 14.7 Å². The van der Waals surface area contributed by atoms with Crippen molar-refractivity contribution in [2.75, 3.05) is 0 Å². The number of carboxylic acid groups (broad SMARTS) is 1. The number of ketones is 1. The van der Waals surface area contributed by atoms with E-state index >= 15 is 0 Å². The lowest BCUT2D eigenvalue weighted by Gasteiger charge is -2.37. The molecule has 1 unspecified atom stereocenters. The highest BCUT2D eigenvalue weighted by Gasteiger charge is 2.51. The zero-order valence-corrected chi connectivity index (χ0v) is 8.69. The molecule has 13 heavy (non-hydrogen) atoms.